The van der Waals surface area contributed by atoms with E-state index >= 15 is 0 Å². The number of allylic oxidation sites excluding steroid dienone is 1. The van der Waals surface area contributed by atoms with Crippen molar-refractivity contribution in [2.75, 3.05) is 26.2 Å². The molecule has 188 valence electrons. The van der Waals surface area contributed by atoms with Gasteiger partial charge in [-0.1, -0.05) is 11.5 Å². The summed E-state index contributed by atoms with van der Waals surface area (Å²) in [6, 6.07) is -0.871. The van der Waals surface area contributed by atoms with Crippen LogP contribution in [0.2, 0.25) is 0 Å². The van der Waals surface area contributed by atoms with E-state index in [2.05, 4.69) is 11.2 Å². The van der Waals surface area contributed by atoms with Crippen molar-refractivity contribution in [3.05, 3.63) is 11.6 Å². The van der Waals surface area contributed by atoms with Crippen molar-refractivity contribution < 1.29 is 29.0 Å². The maximum absolute atomic E-state index is 12.9. The molecule has 2 heterocycles. The van der Waals surface area contributed by atoms with Crippen molar-refractivity contribution in [2.45, 2.75) is 71.4 Å². The summed E-state index contributed by atoms with van der Waals surface area (Å²) in [5.41, 5.74) is 0.437. The number of piperidine rings is 2. The van der Waals surface area contributed by atoms with Crippen LogP contribution in [0, 0.1) is 24.2 Å². The quantitative estimate of drug-likeness (QED) is 0.450. The van der Waals surface area contributed by atoms with E-state index in [4.69, 9.17) is 16.3 Å². The zero-order valence-corrected chi connectivity index (χ0v) is 20.6. The van der Waals surface area contributed by atoms with E-state index in [1.807, 2.05) is 27.7 Å². The van der Waals surface area contributed by atoms with Gasteiger partial charge in [0.1, 0.15) is 11.6 Å². The van der Waals surface area contributed by atoms with Crippen LogP contribution in [0.4, 0.5) is 4.79 Å². The van der Waals surface area contributed by atoms with Crippen molar-refractivity contribution in [3.63, 3.8) is 0 Å². The largest absolute Gasteiger partial charge is 0.481 e. The maximum atomic E-state index is 12.9. The smallest absolute Gasteiger partial charge is 0.410 e. The Morgan fingerprint density at radius 3 is 2.32 bits per heavy atom. The van der Waals surface area contributed by atoms with E-state index in [9.17, 15) is 19.2 Å². The van der Waals surface area contributed by atoms with Gasteiger partial charge in [0.15, 0.2) is 0 Å². The standard InChI is InChI=1S/C25H37N3O6/c1-6-20(15-22(30)31)26-23(32)19-8-7-11-28(16-19)21(29)14-17(2)18-9-12-27(13-10-18)24(33)34-25(3,4)5/h1,14,18-20H,7-13,15-16H2,2-5H3,(H,26,32)(H,30,31)/b17-14+/t19-,20-/m1/s1. The molecule has 34 heavy (non-hydrogen) atoms. The maximum Gasteiger partial charge on any atom is 0.410 e. The summed E-state index contributed by atoms with van der Waals surface area (Å²) < 4.78 is 5.44. The average Bonchev–Trinajstić information content (AvgIpc) is 2.77. The number of hydrogen-bond donors (Lipinski definition) is 2. The molecule has 2 rings (SSSR count). The third-order valence-electron chi connectivity index (χ3n) is 6.14. The molecule has 0 aliphatic carbocycles. The highest BCUT2D eigenvalue weighted by Gasteiger charge is 2.31. The highest BCUT2D eigenvalue weighted by atomic mass is 16.6. The van der Waals surface area contributed by atoms with Gasteiger partial charge in [0, 0.05) is 32.3 Å². The SMILES string of the molecule is C#C[C@H](CC(=O)O)NC(=O)[C@@H]1CCCN(C(=O)/C=C(\C)C2CCN(C(=O)OC(C)(C)C)CC2)C1. The Labute approximate surface area is 201 Å². The molecular weight excluding hydrogens is 438 g/mol. The summed E-state index contributed by atoms with van der Waals surface area (Å²) in [6.45, 7) is 9.46. The number of likely N-dealkylation sites (tertiary alicyclic amines) is 2. The molecule has 2 saturated heterocycles. The molecule has 0 bridgehead atoms. The number of ether oxygens (including phenoxy) is 1. The third-order valence-corrected chi connectivity index (χ3v) is 6.14. The minimum atomic E-state index is -1.08. The molecule has 2 aliphatic heterocycles. The second-order valence-electron chi connectivity index (χ2n) is 10.1. The summed E-state index contributed by atoms with van der Waals surface area (Å²) in [7, 11) is 0. The lowest BCUT2D eigenvalue weighted by molar-refractivity contribution is -0.137. The lowest BCUT2D eigenvalue weighted by Crippen LogP contribution is -2.47. The van der Waals surface area contributed by atoms with Crippen LogP contribution in [0.3, 0.4) is 0 Å². The number of nitrogens with one attached hydrogen (secondary N) is 1. The second kappa shape index (κ2) is 11.9. The van der Waals surface area contributed by atoms with Gasteiger partial charge in [-0.3, -0.25) is 14.4 Å². The Morgan fingerprint density at radius 1 is 1.12 bits per heavy atom. The van der Waals surface area contributed by atoms with Gasteiger partial charge >= 0.3 is 12.1 Å². The van der Waals surface area contributed by atoms with E-state index < -0.39 is 23.5 Å². The van der Waals surface area contributed by atoms with Gasteiger partial charge in [-0.05, 0) is 59.3 Å². The molecule has 0 unspecified atom stereocenters. The predicted octanol–water partition coefficient (Wildman–Crippen LogP) is 2.41. The number of carboxylic acid groups (broad SMARTS) is 1. The number of carbonyl (C=O) groups is 4. The minimum Gasteiger partial charge on any atom is -0.481 e. The molecule has 3 amide bonds. The van der Waals surface area contributed by atoms with Gasteiger partial charge in [0.2, 0.25) is 11.8 Å². The lowest BCUT2D eigenvalue weighted by atomic mass is 9.89. The first-order valence-electron chi connectivity index (χ1n) is 11.8. The van der Waals surface area contributed by atoms with Crippen LogP contribution >= 0.6 is 0 Å². The summed E-state index contributed by atoms with van der Waals surface area (Å²) in [5.74, 6) is 0.530. The van der Waals surface area contributed by atoms with E-state index in [0.29, 0.717) is 32.5 Å². The molecule has 2 aliphatic rings. The summed E-state index contributed by atoms with van der Waals surface area (Å²) >= 11 is 0. The summed E-state index contributed by atoms with van der Waals surface area (Å²) in [6.07, 6.45) is 9.14. The first-order chi connectivity index (χ1) is 15.9. The monoisotopic (exact) mass is 475 g/mol. The highest BCUT2D eigenvalue weighted by molar-refractivity contribution is 5.89. The van der Waals surface area contributed by atoms with Crippen molar-refractivity contribution in [2.24, 2.45) is 11.8 Å². The number of hydrogen-bond acceptors (Lipinski definition) is 5. The van der Waals surface area contributed by atoms with Gasteiger partial charge in [0.25, 0.3) is 0 Å². The topological polar surface area (TPSA) is 116 Å². The number of terminal acetylenes is 1. The van der Waals surface area contributed by atoms with Gasteiger partial charge in [-0.15, -0.1) is 6.42 Å². The number of carbonyl (C=O) groups excluding carboxylic acids is 3. The predicted molar refractivity (Wildman–Crippen MR) is 127 cm³/mol. The second-order valence-corrected chi connectivity index (χ2v) is 10.1. The van der Waals surface area contributed by atoms with E-state index in [1.54, 1.807) is 15.9 Å². The van der Waals surface area contributed by atoms with Crippen LogP contribution in [0.25, 0.3) is 0 Å². The van der Waals surface area contributed by atoms with Crippen molar-refractivity contribution in [3.8, 4) is 12.3 Å². The molecule has 9 nitrogen and oxygen atoms in total. The van der Waals surface area contributed by atoms with Crippen molar-refractivity contribution in [1.29, 1.82) is 0 Å². The van der Waals surface area contributed by atoms with Gasteiger partial charge in [0.05, 0.1) is 12.3 Å². The zero-order valence-electron chi connectivity index (χ0n) is 20.6. The van der Waals surface area contributed by atoms with E-state index in [1.165, 1.54) is 0 Å². The van der Waals surface area contributed by atoms with Crippen LogP contribution in [-0.4, -0.2) is 76.6 Å². The Hall–Kier alpha value is -3.02. The van der Waals surface area contributed by atoms with Gasteiger partial charge in [-0.25, -0.2) is 4.79 Å². The molecule has 9 heteroatoms. The number of amides is 3. The molecule has 0 radical (unpaired) electrons. The van der Waals surface area contributed by atoms with E-state index in [0.717, 1.165) is 18.4 Å². The van der Waals surface area contributed by atoms with Crippen molar-refractivity contribution in [1.82, 2.24) is 15.1 Å². The van der Waals surface area contributed by atoms with E-state index in [-0.39, 0.29) is 36.8 Å². The fourth-order valence-corrected chi connectivity index (χ4v) is 4.25. The average molecular weight is 476 g/mol. The Morgan fingerprint density at radius 2 is 1.76 bits per heavy atom. The zero-order chi connectivity index (χ0) is 25.5. The molecule has 0 saturated carbocycles. The Balaban J connectivity index is 1.89. The third kappa shape index (κ3) is 8.40. The first-order valence-corrected chi connectivity index (χ1v) is 11.8. The summed E-state index contributed by atoms with van der Waals surface area (Å²) in [5, 5.41) is 11.5. The van der Waals surface area contributed by atoms with Crippen LogP contribution in [0.1, 0.15) is 59.8 Å². The highest BCUT2D eigenvalue weighted by Crippen LogP contribution is 2.26. The molecular formula is C25H37N3O6. The summed E-state index contributed by atoms with van der Waals surface area (Å²) in [4.78, 5) is 52.0. The van der Waals surface area contributed by atoms with Gasteiger partial charge < -0.3 is 25.0 Å². The van der Waals surface area contributed by atoms with Crippen LogP contribution < -0.4 is 5.32 Å². The Kier molecular flexibility index (Phi) is 9.54. The number of carboxylic acids is 1. The fourth-order valence-electron chi connectivity index (χ4n) is 4.25. The Bertz CT molecular complexity index is 846. The van der Waals surface area contributed by atoms with Gasteiger partial charge in [-0.2, -0.15) is 0 Å². The normalized spacial score (nSPS) is 20.8. The number of nitrogens with zero attached hydrogens (tertiary/aromatic N) is 2. The van der Waals surface area contributed by atoms with Crippen molar-refractivity contribution >= 4 is 23.9 Å². The molecule has 2 fully saturated rings. The molecule has 0 spiro atoms. The fraction of sp³-hybridized carbons (Fsp3) is 0.680. The molecule has 2 N–H and O–H groups in total. The number of rotatable bonds is 6. The van der Waals surface area contributed by atoms with Crippen LogP contribution in [-0.2, 0) is 19.1 Å². The lowest BCUT2D eigenvalue weighted by Gasteiger charge is -2.34. The van der Waals surface area contributed by atoms with Crippen LogP contribution in [0.15, 0.2) is 11.6 Å². The molecule has 0 aromatic carbocycles. The molecule has 0 aromatic heterocycles. The van der Waals surface area contributed by atoms with Crippen LogP contribution in [0.5, 0.6) is 0 Å². The first kappa shape index (κ1) is 27.2. The molecule has 0 aromatic rings. The number of aliphatic carboxylic acids is 1. The molecule has 2 atom stereocenters. The minimum absolute atomic E-state index is 0.136.